The van der Waals surface area contributed by atoms with Gasteiger partial charge in [-0.05, 0) is 29.7 Å². The van der Waals surface area contributed by atoms with E-state index in [9.17, 15) is 4.39 Å². The van der Waals surface area contributed by atoms with Crippen LogP contribution in [0.4, 0.5) is 10.1 Å². The molecular weight excluding hydrogens is 263 g/mol. The van der Waals surface area contributed by atoms with Crippen molar-refractivity contribution in [1.29, 1.82) is 0 Å². The molecule has 0 saturated heterocycles. The number of nitrogens with two attached hydrogens (primary N) is 1. The van der Waals surface area contributed by atoms with Gasteiger partial charge in [0.2, 0.25) is 0 Å². The van der Waals surface area contributed by atoms with Gasteiger partial charge in [-0.1, -0.05) is 29.8 Å². The molecule has 3 aromatic rings. The van der Waals surface area contributed by atoms with Crippen molar-refractivity contribution in [2.24, 2.45) is 0 Å². The molecule has 0 aliphatic rings. The van der Waals surface area contributed by atoms with Crippen molar-refractivity contribution in [3.8, 4) is 0 Å². The van der Waals surface area contributed by atoms with E-state index in [1.54, 1.807) is 18.2 Å². The van der Waals surface area contributed by atoms with Crippen molar-refractivity contribution >= 4 is 28.2 Å². The fourth-order valence-electron chi connectivity index (χ4n) is 2.19. The molecule has 1 aromatic heterocycles. The number of rotatable bonds is 2. The van der Waals surface area contributed by atoms with Crippen molar-refractivity contribution in [2.45, 2.75) is 6.54 Å². The van der Waals surface area contributed by atoms with Crippen LogP contribution in [-0.4, -0.2) is 4.57 Å². The number of hydrogen-bond acceptors (Lipinski definition) is 1. The zero-order chi connectivity index (χ0) is 13.4. The average molecular weight is 275 g/mol. The van der Waals surface area contributed by atoms with Gasteiger partial charge in [-0.15, -0.1) is 0 Å². The smallest absolute Gasteiger partial charge is 0.146 e. The lowest BCUT2D eigenvalue weighted by Crippen LogP contribution is -2.01. The third-order valence-electron chi connectivity index (χ3n) is 3.17. The summed E-state index contributed by atoms with van der Waals surface area (Å²) >= 11 is 5.79. The summed E-state index contributed by atoms with van der Waals surface area (Å²) in [6, 6.07) is 12.7. The van der Waals surface area contributed by atoms with Gasteiger partial charge < -0.3 is 10.3 Å². The van der Waals surface area contributed by atoms with Gasteiger partial charge in [-0.3, -0.25) is 0 Å². The van der Waals surface area contributed by atoms with Gasteiger partial charge in [0.1, 0.15) is 5.82 Å². The molecular formula is C15H12ClFN2. The lowest BCUT2D eigenvalue weighted by atomic mass is 10.2. The first-order valence-corrected chi connectivity index (χ1v) is 6.30. The van der Waals surface area contributed by atoms with E-state index in [0.717, 1.165) is 10.9 Å². The van der Waals surface area contributed by atoms with E-state index in [1.165, 1.54) is 0 Å². The molecule has 2 nitrogen and oxygen atoms in total. The topological polar surface area (TPSA) is 30.9 Å². The molecule has 0 bridgehead atoms. The van der Waals surface area contributed by atoms with E-state index in [1.807, 2.05) is 35.0 Å². The minimum atomic E-state index is -0.366. The van der Waals surface area contributed by atoms with E-state index in [-0.39, 0.29) is 10.8 Å². The lowest BCUT2D eigenvalue weighted by molar-refractivity contribution is 0.602. The first-order valence-electron chi connectivity index (χ1n) is 5.92. The maximum atomic E-state index is 13.9. The Morgan fingerprint density at radius 1 is 1.16 bits per heavy atom. The monoisotopic (exact) mass is 274 g/mol. The highest BCUT2D eigenvalue weighted by Crippen LogP contribution is 2.23. The van der Waals surface area contributed by atoms with Gasteiger partial charge in [0.05, 0.1) is 17.1 Å². The second kappa shape index (κ2) is 4.59. The van der Waals surface area contributed by atoms with Gasteiger partial charge >= 0.3 is 0 Å². The standard InChI is InChI=1S/C15H12ClFN2/c16-13-3-1-2-11(15(13)17)9-19-7-6-10-4-5-12(18)8-14(10)19/h1-8H,9,18H2. The molecule has 0 spiro atoms. The maximum absolute atomic E-state index is 13.9. The third-order valence-corrected chi connectivity index (χ3v) is 3.46. The number of halogens is 2. The van der Waals surface area contributed by atoms with Crippen LogP contribution in [0.2, 0.25) is 5.02 Å². The van der Waals surface area contributed by atoms with Gasteiger partial charge in [-0.2, -0.15) is 0 Å². The van der Waals surface area contributed by atoms with Crippen LogP contribution in [0.3, 0.4) is 0 Å². The molecule has 3 rings (SSSR count). The van der Waals surface area contributed by atoms with Crippen LogP contribution in [0, 0.1) is 5.82 Å². The van der Waals surface area contributed by atoms with Gasteiger partial charge in [-0.25, -0.2) is 4.39 Å². The fraction of sp³-hybridized carbons (Fsp3) is 0.0667. The number of aromatic nitrogens is 1. The Kier molecular flexibility index (Phi) is 2.91. The van der Waals surface area contributed by atoms with Crippen LogP contribution in [-0.2, 0) is 6.54 Å². The molecule has 0 amide bonds. The van der Waals surface area contributed by atoms with Crippen LogP contribution in [0.5, 0.6) is 0 Å². The summed E-state index contributed by atoms with van der Waals surface area (Å²) in [7, 11) is 0. The SMILES string of the molecule is Nc1ccc2ccn(Cc3cccc(Cl)c3F)c2c1. The normalized spacial score (nSPS) is 11.1. The molecule has 4 heteroatoms. The van der Waals surface area contributed by atoms with Crippen LogP contribution in [0.1, 0.15) is 5.56 Å². The highest BCUT2D eigenvalue weighted by molar-refractivity contribution is 6.30. The number of benzene rings is 2. The average Bonchev–Trinajstić information content (AvgIpc) is 2.78. The van der Waals surface area contributed by atoms with E-state index in [0.29, 0.717) is 17.8 Å². The number of nitrogen functional groups attached to an aromatic ring is 1. The lowest BCUT2D eigenvalue weighted by Gasteiger charge is -2.08. The summed E-state index contributed by atoms with van der Waals surface area (Å²) in [6.07, 6.45) is 1.92. The summed E-state index contributed by atoms with van der Waals surface area (Å²) in [5, 5.41) is 1.23. The Labute approximate surface area is 115 Å². The van der Waals surface area contributed by atoms with Gasteiger partial charge in [0.15, 0.2) is 0 Å². The molecule has 19 heavy (non-hydrogen) atoms. The first-order chi connectivity index (χ1) is 9.15. The fourth-order valence-corrected chi connectivity index (χ4v) is 2.39. The summed E-state index contributed by atoms with van der Waals surface area (Å²) in [6.45, 7) is 0.430. The molecule has 0 unspecified atom stereocenters. The number of anilines is 1. The van der Waals surface area contributed by atoms with E-state index >= 15 is 0 Å². The first kappa shape index (κ1) is 12.1. The molecule has 2 N–H and O–H groups in total. The van der Waals surface area contributed by atoms with Crippen LogP contribution in [0.15, 0.2) is 48.7 Å². The largest absolute Gasteiger partial charge is 0.399 e. The van der Waals surface area contributed by atoms with E-state index in [4.69, 9.17) is 17.3 Å². The summed E-state index contributed by atoms with van der Waals surface area (Å²) in [5.41, 5.74) is 8.03. The zero-order valence-electron chi connectivity index (χ0n) is 10.1. The van der Waals surface area contributed by atoms with Gasteiger partial charge in [0.25, 0.3) is 0 Å². The van der Waals surface area contributed by atoms with Crippen molar-refractivity contribution in [2.75, 3.05) is 5.73 Å². The van der Waals surface area contributed by atoms with Crippen molar-refractivity contribution < 1.29 is 4.39 Å². The Morgan fingerprint density at radius 2 is 2.00 bits per heavy atom. The molecule has 0 saturated carbocycles. The summed E-state index contributed by atoms with van der Waals surface area (Å²) < 4.78 is 15.9. The van der Waals surface area contributed by atoms with Crippen molar-refractivity contribution in [3.63, 3.8) is 0 Å². The minimum Gasteiger partial charge on any atom is -0.399 e. The Morgan fingerprint density at radius 3 is 2.84 bits per heavy atom. The molecule has 0 aliphatic heterocycles. The van der Waals surface area contributed by atoms with E-state index in [2.05, 4.69) is 0 Å². The molecule has 0 atom stereocenters. The highest BCUT2D eigenvalue weighted by Gasteiger charge is 2.08. The molecule has 0 aliphatic carbocycles. The minimum absolute atomic E-state index is 0.147. The number of nitrogens with zero attached hydrogens (tertiary/aromatic N) is 1. The predicted octanol–water partition coefficient (Wildman–Crippen LogP) is 4.06. The molecule has 2 aromatic carbocycles. The third kappa shape index (κ3) is 2.17. The molecule has 0 fully saturated rings. The van der Waals surface area contributed by atoms with Crippen LogP contribution >= 0.6 is 11.6 Å². The second-order valence-electron chi connectivity index (χ2n) is 4.47. The van der Waals surface area contributed by atoms with E-state index < -0.39 is 0 Å². The Hall–Kier alpha value is -2.00. The maximum Gasteiger partial charge on any atom is 0.146 e. The summed E-state index contributed by atoms with van der Waals surface area (Å²) in [4.78, 5) is 0. The quantitative estimate of drug-likeness (QED) is 0.702. The molecule has 0 radical (unpaired) electrons. The Bertz CT molecular complexity index is 749. The molecule has 1 heterocycles. The van der Waals surface area contributed by atoms with Crippen molar-refractivity contribution in [1.82, 2.24) is 4.57 Å². The predicted molar refractivity (Wildman–Crippen MR) is 76.9 cm³/mol. The van der Waals surface area contributed by atoms with Crippen molar-refractivity contribution in [3.05, 3.63) is 65.1 Å². The number of fused-ring (bicyclic) bond motifs is 1. The number of hydrogen-bond donors (Lipinski definition) is 1. The second-order valence-corrected chi connectivity index (χ2v) is 4.88. The summed E-state index contributed by atoms with van der Waals surface area (Å²) in [5.74, 6) is -0.366. The van der Waals surface area contributed by atoms with Crippen LogP contribution < -0.4 is 5.73 Å². The van der Waals surface area contributed by atoms with Gasteiger partial charge in [0, 0.05) is 17.4 Å². The Balaban J connectivity index is 2.06. The molecule has 96 valence electrons. The zero-order valence-corrected chi connectivity index (χ0v) is 10.9. The van der Waals surface area contributed by atoms with Crippen LogP contribution in [0.25, 0.3) is 10.9 Å². The highest BCUT2D eigenvalue weighted by atomic mass is 35.5.